The second-order valence-corrected chi connectivity index (χ2v) is 7.49. The summed E-state index contributed by atoms with van der Waals surface area (Å²) in [6.45, 7) is 9.67. The van der Waals surface area contributed by atoms with Gasteiger partial charge in [0.05, 0.1) is 0 Å². The third-order valence-electron chi connectivity index (χ3n) is 4.31. The summed E-state index contributed by atoms with van der Waals surface area (Å²) in [6.07, 6.45) is 0. The fourth-order valence-electron chi connectivity index (χ4n) is 2.80. The highest BCUT2D eigenvalue weighted by atomic mass is 32.1. The lowest BCUT2D eigenvalue weighted by Gasteiger charge is -2.13. The third kappa shape index (κ3) is 4.17. The molecule has 1 aromatic heterocycles. The first-order valence-electron chi connectivity index (χ1n) is 8.85. The molecule has 0 saturated carbocycles. The fourth-order valence-corrected chi connectivity index (χ4v) is 3.01. The van der Waals surface area contributed by atoms with Crippen molar-refractivity contribution in [1.29, 1.82) is 0 Å². The molecule has 140 valence electrons. The van der Waals surface area contributed by atoms with Crippen LogP contribution in [0.3, 0.4) is 0 Å². The molecule has 2 aromatic carbocycles. The van der Waals surface area contributed by atoms with Gasteiger partial charge in [0.1, 0.15) is 5.52 Å². The van der Waals surface area contributed by atoms with Gasteiger partial charge in [-0.05, 0) is 67.9 Å². The number of thiocarbonyl (C=S) groups is 1. The van der Waals surface area contributed by atoms with Crippen LogP contribution in [0.25, 0.3) is 22.6 Å². The summed E-state index contributed by atoms with van der Waals surface area (Å²) in [5.41, 5.74) is 6.50. The van der Waals surface area contributed by atoms with Gasteiger partial charge in [-0.1, -0.05) is 26.0 Å². The number of carbonyl (C=O) groups excluding carboxylic acids is 1. The number of hydrogen-bond donors (Lipinski definition) is 2. The Morgan fingerprint density at radius 2 is 1.85 bits per heavy atom. The lowest BCUT2D eigenvalue weighted by atomic mass is 10.1. The molecule has 0 aliphatic carbocycles. The number of oxazole rings is 1. The zero-order valence-electron chi connectivity index (χ0n) is 16.1. The molecule has 0 aliphatic heterocycles. The van der Waals surface area contributed by atoms with E-state index >= 15 is 0 Å². The van der Waals surface area contributed by atoms with Crippen LogP contribution >= 0.6 is 12.2 Å². The van der Waals surface area contributed by atoms with Crippen molar-refractivity contribution in [1.82, 2.24) is 10.3 Å². The van der Waals surface area contributed by atoms with Gasteiger partial charge >= 0.3 is 0 Å². The predicted molar refractivity (Wildman–Crippen MR) is 113 cm³/mol. The number of anilines is 1. The number of benzene rings is 2. The van der Waals surface area contributed by atoms with Gasteiger partial charge < -0.3 is 15.1 Å². The molecule has 0 aliphatic rings. The zero-order valence-corrected chi connectivity index (χ0v) is 17.0. The first-order valence-corrected chi connectivity index (χ1v) is 9.26. The molecule has 0 unspecified atom stereocenters. The number of nitrogens with one attached hydrogen (secondary N) is 2. The monoisotopic (exact) mass is 381 g/mol. The Bertz CT molecular complexity index is 1040. The van der Waals surface area contributed by atoms with E-state index in [0.717, 1.165) is 39.0 Å². The number of hydrogen-bond acceptors (Lipinski definition) is 4. The minimum atomic E-state index is -0.136. The number of rotatable bonds is 3. The van der Waals surface area contributed by atoms with Crippen molar-refractivity contribution in [3.63, 3.8) is 0 Å². The van der Waals surface area contributed by atoms with Gasteiger partial charge in [0, 0.05) is 17.2 Å². The lowest BCUT2D eigenvalue weighted by molar-refractivity contribution is -0.122. The maximum atomic E-state index is 11.8. The van der Waals surface area contributed by atoms with E-state index in [1.165, 1.54) is 0 Å². The third-order valence-corrected chi connectivity index (χ3v) is 4.52. The molecule has 6 heteroatoms. The maximum Gasteiger partial charge on any atom is 0.228 e. The first kappa shape index (κ1) is 19.0. The van der Waals surface area contributed by atoms with Gasteiger partial charge in [0.2, 0.25) is 11.8 Å². The molecule has 0 bridgehead atoms. The topological polar surface area (TPSA) is 67.2 Å². The van der Waals surface area contributed by atoms with E-state index in [1.807, 2.05) is 58.9 Å². The molecule has 0 spiro atoms. The van der Waals surface area contributed by atoms with E-state index in [9.17, 15) is 4.79 Å². The molecule has 0 radical (unpaired) electrons. The van der Waals surface area contributed by atoms with Gasteiger partial charge in [0.15, 0.2) is 10.7 Å². The van der Waals surface area contributed by atoms with Crippen LogP contribution in [0.15, 0.2) is 34.7 Å². The van der Waals surface area contributed by atoms with Crippen LogP contribution in [0.5, 0.6) is 0 Å². The molecule has 5 nitrogen and oxygen atoms in total. The average molecular weight is 382 g/mol. The van der Waals surface area contributed by atoms with Crippen molar-refractivity contribution < 1.29 is 9.21 Å². The molecule has 0 atom stereocenters. The smallest absolute Gasteiger partial charge is 0.228 e. The summed E-state index contributed by atoms with van der Waals surface area (Å²) in [6, 6.07) is 9.95. The van der Waals surface area contributed by atoms with Crippen LogP contribution in [0.1, 0.15) is 30.5 Å². The van der Waals surface area contributed by atoms with E-state index in [4.69, 9.17) is 16.6 Å². The predicted octanol–water partition coefficient (Wildman–Crippen LogP) is 4.89. The standard InChI is InChI=1S/C21H23N3O2S/c1-11(2)19(25)24-21(27)23-16-10-15(7-6-13(16)4)20-22-17-9-12(3)8-14(5)18(17)26-20/h6-11H,1-5H3,(H2,23,24,25,27). The fraction of sp³-hybridized carbons (Fsp3) is 0.286. The second-order valence-electron chi connectivity index (χ2n) is 7.08. The van der Waals surface area contributed by atoms with Crippen molar-refractivity contribution >= 4 is 40.0 Å². The van der Waals surface area contributed by atoms with Crippen LogP contribution in [0.4, 0.5) is 5.69 Å². The molecular weight excluding hydrogens is 358 g/mol. The van der Waals surface area contributed by atoms with E-state index < -0.39 is 0 Å². The van der Waals surface area contributed by atoms with E-state index in [1.54, 1.807) is 0 Å². The van der Waals surface area contributed by atoms with Crippen LogP contribution in [0.2, 0.25) is 0 Å². The number of aryl methyl sites for hydroxylation is 3. The summed E-state index contributed by atoms with van der Waals surface area (Å²) in [4.78, 5) is 16.4. The number of nitrogens with zero attached hydrogens (tertiary/aromatic N) is 1. The van der Waals surface area contributed by atoms with Crippen molar-refractivity contribution in [2.24, 2.45) is 5.92 Å². The van der Waals surface area contributed by atoms with E-state index in [2.05, 4.69) is 21.7 Å². The quantitative estimate of drug-likeness (QED) is 0.632. The van der Waals surface area contributed by atoms with Gasteiger partial charge in [-0.25, -0.2) is 4.98 Å². The Morgan fingerprint density at radius 1 is 1.11 bits per heavy atom. The highest BCUT2D eigenvalue weighted by molar-refractivity contribution is 7.80. The first-order chi connectivity index (χ1) is 12.7. The van der Waals surface area contributed by atoms with Crippen LogP contribution in [-0.4, -0.2) is 16.0 Å². The number of carbonyl (C=O) groups is 1. The van der Waals surface area contributed by atoms with Crippen molar-refractivity contribution in [2.45, 2.75) is 34.6 Å². The Kier molecular flexibility index (Phi) is 5.28. The maximum absolute atomic E-state index is 11.8. The Hall–Kier alpha value is -2.73. The Morgan fingerprint density at radius 3 is 2.56 bits per heavy atom. The van der Waals surface area contributed by atoms with Crippen molar-refractivity contribution in [2.75, 3.05) is 5.32 Å². The Balaban J connectivity index is 1.90. The summed E-state index contributed by atoms with van der Waals surface area (Å²) >= 11 is 5.25. The molecule has 2 N–H and O–H groups in total. The summed E-state index contributed by atoms with van der Waals surface area (Å²) in [5, 5.41) is 6.06. The number of aromatic nitrogens is 1. The Labute approximate surface area is 164 Å². The largest absolute Gasteiger partial charge is 0.436 e. The second kappa shape index (κ2) is 7.48. The molecular formula is C21H23N3O2S. The lowest BCUT2D eigenvalue weighted by Crippen LogP contribution is -2.36. The van der Waals surface area contributed by atoms with Crippen LogP contribution < -0.4 is 10.6 Å². The van der Waals surface area contributed by atoms with E-state index in [-0.39, 0.29) is 16.9 Å². The minimum absolute atomic E-state index is 0.119. The summed E-state index contributed by atoms with van der Waals surface area (Å²) in [5.74, 6) is 0.300. The average Bonchev–Trinajstić information content (AvgIpc) is 3.01. The SMILES string of the molecule is Cc1cc(C)c2oc(-c3ccc(C)c(NC(=S)NC(=O)C(C)C)c3)nc2c1. The summed E-state index contributed by atoms with van der Waals surface area (Å²) < 4.78 is 5.99. The van der Waals surface area contributed by atoms with Crippen molar-refractivity contribution in [3.8, 4) is 11.5 Å². The number of fused-ring (bicyclic) bond motifs is 1. The zero-order chi connectivity index (χ0) is 19.7. The number of amides is 1. The highest BCUT2D eigenvalue weighted by Gasteiger charge is 2.14. The van der Waals surface area contributed by atoms with Gasteiger partial charge in [-0.3, -0.25) is 4.79 Å². The minimum Gasteiger partial charge on any atom is -0.436 e. The van der Waals surface area contributed by atoms with Gasteiger partial charge in [0.25, 0.3) is 0 Å². The molecule has 0 fully saturated rings. The molecule has 3 rings (SSSR count). The highest BCUT2D eigenvalue weighted by Crippen LogP contribution is 2.30. The van der Waals surface area contributed by atoms with Crippen LogP contribution in [0, 0.1) is 26.7 Å². The normalized spacial score (nSPS) is 11.0. The molecule has 3 aromatic rings. The van der Waals surface area contributed by atoms with Gasteiger partial charge in [-0.15, -0.1) is 0 Å². The van der Waals surface area contributed by atoms with Crippen molar-refractivity contribution in [3.05, 3.63) is 47.0 Å². The molecule has 1 amide bonds. The molecule has 1 heterocycles. The molecule has 0 saturated heterocycles. The van der Waals surface area contributed by atoms with E-state index in [0.29, 0.717) is 5.89 Å². The van der Waals surface area contributed by atoms with Gasteiger partial charge in [-0.2, -0.15) is 0 Å². The van der Waals surface area contributed by atoms with Crippen LogP contribution in [-0.2, 0) is 4.79 Å². The molecule has 27 heavy (non-hydrogen) atoms. The summed E-state index contributed by atoms with van der Waals surface area (Å²) in [7, 11) is 0.